The van der Waals surface area contributed by atoms with E-state index < -0.39 is 11.8 Å². The van der Waals surface area contributed by atoms with E-state index >= 15 is 0 Å². The summed E-state index contributed by atoms with van der Waals surface area (Å²) in [6.45, 7) is 0. The molecule has 0 bridgehead atoms. The minimum atomic E-state index is -1.21. The Morgan fingerprint density at radius 1 is 1.12 bits per heavy atom. The summed E-state index contributed by atoms with van der Waals surface area (Å²) in [7, 11) is 0. The second kappa shape index (κ2) is 4.21. The first-order valence-corrected chi connectivity index (χ1v) is 4.74. The molecular formula is C12H8FNO3. The summed E-state index contributed by atoms with van der Waals surface area (Å²) in [5, 5.41) is 18.1. The van der Waals surface area contributed by atoms with E-state index in [2.05, 4.69) is 4.98 Å². The van der Waals surface area contributed by atoms with Gasteiger partial charge in [0.1, 0.15) is 11.6 Å². The molecular weight excluding hydrogens is 225 g/mol. The lowest BCUT2D eigenvalue weighted by Gasteiger charge is -2.04. The average molecular weight is 233 g/mol. The highest BCUT2D eigenvalue weighted by molar-refractivity contribution is 5.89. The number of carboxylic acids is 1. The fourth-order valence-corrected chi connectivity index (χ4v) is 1.47. The third-order valence-corrected chi connectivity index (χ3v) is 2.20. The zero-order valence-corrected chi connectivity index (χ0v) is 8.59. The van der Waals surface area contributed by atoms with Crippen molar-refractivity contribution in [3.05, 3.63) is 48.0 Å². The maximum Gasteiger partial charge on any atom is 0.335 e. The molecule has 5 heteroatoms. The lowest BCUT2D eigenvalue weighted by atomic mass is 10.0. The van der Waals surface area contributed by atoms with Gasteiger partial charge in [0.15, 0.2) is 0 Å². The highest BCUT2D eigenvalue weighted by atomic mass is 19.1. The van der Waals surface area contributed by atoms with Crippen LogP contribution in [-0.2, 0) is 0 Å². The van der Waals surface area contributed by atoms with Crippen molar-refractivity contribution in [3.8, 4) is 16.9 Å². The van der Waals surface area contributed by atoms with Gasteiger partial charge < -0.3 is 10.2 Å². The first kappa shape index (κ1) is 11.1. The Kier molecular flexibility index (Phi) is 2.74. The fourth-order valence-electron chi connectivity index (χ4n) is 1.47. The number of aromatic hydroxyl groups is 1. The summed E-state index contributed by atoms with van der Waals surface area (Å²) in [5.74, 6) is -1.93. The highest BCUT2D eigenvalue weighted by Crippen LogP contribution is 2.24. The molecule has 2 rings (SSSR count). The molecule has 86 valence electrons. The van der Waals surface area contributed by atoms with E-state index in [1.807, 2.05) is 0 Å². The number of pyridine rings is 1. The lowest BCUT2D eigenvalue weighted by molar-refractivity contribution is 0.0696. The Labute approximate surface area is 96.0 Å². The van der Waals surface area contributed by atoms with Crippen molar-refractivity contribution in [1.29, 1.82) is 0 Å². The van der Waals surface area contributed by atoms with Gasteiger partial charge in [0.25, 0.3) is 0 Å². The normalized spacial score (nSPS) is 10.2. The molecule has 0 saturated heterocycles. The number of aromatic nitrogens is 1. The Bertz CT molecular complexity index is 584. The molecule has 2 N–H and O–H groups in total. The maximum absolute atomic E-state index is 13.2. The molecule has 0 aliphatic rings. The first-order chi connectivity index (χ1) is 8.06. The predicted octanol–water partition coefficient (Wildman–Crippen LogP) is 2.29. The van der Waals surface area contributed by atoms with Crippen LogP contribution < -0.4 is 0 Å². The van der Waals surface area contributed by atoms with E-state index in [4.69, 9.17) is 5.11 Å². The second-order valence-electron chi connectivity index (χ2n) is 3.47. The van der Waals surface area contributed by atoms with Gasteiger partial charge in [-0.15, -0.1) is 0 Å². The summed E-state index contributed by atoms with van der Waals surface area (Å²) in [6, 6.07) is 4.82. The number of nitrogens with zero attached hydrogens (tertiary/aromatic N) is 1. The maximum atomic E-state index is 13.2. The van der Waals surface area contributed by atoms with Crippen molar-refractivity contribution in [2.24, 2.45) is 0 Å². The van der Waals surface area contributed by atoms with Gasteiger partial charge >= 0.3 is 5.97 Å². The molecule has 1 aromatic heterocycles. The predicted molar refractivity (Wildman–Crippen MR) is 58.3 cm³/mol. The van der Waals surface area contributed by atoms with Gasteiger partial charge in [0.2, 0.25) is 0 Å². The molecule has 0 unspecified atom stereocenters. The summed E-state index contributed by atoms with van der Waals surface area (Å²) in [5.41, 5.74) is 0.654. The fraction of sp³-hybridized carbons (Fsp3) is 0. The number of aromatic carboxylic acids is 1. The van der Waals surface area contributed by atoms with Crippen LogP contribution in [0, 0.1) is 5.82 Å². The first-order valence-electron chi connectivity index (χ1n) is 4.74. The number of hydrogen-bond acceptors (Lipinski definition) is 3. The quantitative estimate of drug-likeness (QED) is 0.834. The standard InChI is InChI=1S/C12H8FNO3/c13-10-2-7(1-8(3-10)12(16)17)9-4-11(15)6-14-5-9/h1-6,15H,(H,16,17). The number of rotatable bonds is 2. The van der Waals surface area contributed by atoms with Crippen molar-refractivity contribution in [3.63, 3.8) is 0 Å². The highest BCUT2D eigenvalue weighted by Gasteiger charge is 2.09. The Morgan fingerprint density at radius 2 is 1.88 bits per heavy atom. The van der Waals surface area contributed by atoms with Crippen LogP contribution in [0.3, 0.4) is 0 Å². The molecule has 0 radical (unpaired) electrons. The van der Waals surface area contributed by atoms with E-state index in [0.29, 0.717) is 11.1 Å². The van der Waals surface area contributed by atoms with Crippen LogP contribution in [-0.4, -0.2) is 21.2 Å². The number of benzene rings is 1. The van der Waals surface area contributed by atoms with E-state index in [-0.39, 0.29) is 11.3 Å². The molecule has 0 atom stereocenters. The van der Waals surface area contributed by atoms with Crippen LogP contribution in [0.2, 0.25) is 0 Å². The van der Waals surface area contributed by atoms with Gasteiger partial charge in [-0.25, -0.2) is 9.18 Å². The van der Waals surface area contributed by atoms with E-state index in [1.54, 1.807) is 0 Å². The van der Waals surface area contributed by atoms with Crippen LogP contribution in [0.5, 0.6) is 5.75 Å². The molecule has 0 spiro atoms. The summed E-state index contributed by atoms with van der Waals surface area (Å²) < 4.78 is 13.2. The number of carboxylic acid groups (broad SMARTS) is 1. The van der Waals surface area contributed by atoms with Gasteiger partial charge in [-0.1, -0.05) is 0 Å². The van der Waals surface area contributed by atoms with E-state index in [0.717, 1.165) is 6.07 Å². The molecule has 1 aromatic carbocycles. The number of carbonyl (C=O) groups is 1. The average Bonchev–Trinajstić information content (AvgIpc) is 2.28. The zero-order valence-electron chi connectivity index (χ0n) is 8.59. The SMILES string of the molecule is O=C(O)c1cc(F)cc(-c2cncc(O)c2)c1. The van der Waals surface area contributed by atoms with Gasteiger partial charge in [-0.05, 0) is 29.8 Å². The van der Waals surface area contributed by atoms with Gasteiger partial charge in [-0.3, -0.25) is 4.98 Å². The molecule has 0 amide bonds. The van der Waals surface area contributed by atoms with Crippen molar-refractivity contribution in [2.75, 3.05) is 0 Å². The molecule has 0 aliphatic carbocycles. The van der Waals surface area contributed by atoms with E-state index in [1.165, 1.54) is 30.6 Å². The van der Waals surface area contributed by atoms with Crippen LogP contribution in [0.4, 0.5) is 4.39 Å². The summed E-state index contributed by atoms with van der Waals surface area (Å²) in [4.78, 5) is 14.5. The smallest absolute Gasteiger partial charge is 0.335 e. The Balaban J connectivity index is 2.56. The lowest BCUT2D eigenvalue weighted by Crippen LogP contribution is -1.97. The Morgan fingerprint density at radius 3 is 2.53 bits per heavy atom. The van der Waals surface area contributed by atoms with Crippen LogP contribution in [0.25, 0.3) is 11.1 Å². The molecule has 0 saturated carbocycles. The third-order valence-electron chi connectivity index (χ3n) is 2.20. The largest absolute Gasteiger partial charge is 0.506 e. The minimum absolute atomic E-state index is 0.0661. The number of hydrogen-bond donors (Lipinski definition) is 2. The number of halogens is 1. The summed E-state index contributed by atoms with van der Waals surface area (Å²) in [6.07, 6.45) is 2.65. The van der Waals surface area contributed by atoms with Crippen molar-refractivity contribution < 1.29 is 19.4 Å². The van der Waals surface area contributed by atoms with Crippen molar-refractivity contribution >= 4 is 5.97 Å². The minimum Gasteiger partial charge on any atom is -0.506 e. The van der Waals surface area contributed by atoms with Crippen LogP contribution in [0.15, 0.2) is 36.7 Å². The van der Waals surface area contributed by atoms with Crippen molar-refractivity contribution in [1.82, 2.24) is 4.98 Å². The van der Waals surface area contributed by atoms with Gasteiger partial charge in [-0.2, -0.15) is 0 Å². The van der Waals surface area contributed by atoms with Crippen LogP contribution >= 0.6 is 0 Å². The Hall–Kier alpha value is -2.43. The molecule has 0 fully saturated rings. The van der Waals surface area contributed by atoms with Crippen LogP contribution in [0.1, 0.15) is 10.4 Å². The molecule has 2 aromatic rings. The topological polar surface area (TPSA) is 70.4 Å². The molecule has 17 heavy (non-hydrogen) atoms. The summed E-state index contributed by atoms with van der Waals surface area (Å²) >= 11 is 0. The monoisotopic (exact) mass is 233 g/mol. The molecule has 1 heterocycles. The van der Waals surface area contributed by atoms with Crippen molar-refractivity contribution in [2.45, 2.75) is 0 Å². The van der Waals surface area contributed by atoms with Gasteiger partial charge in [0, 0.05) is 11.8 Å². The third kappa shape index (κ3) is 2.39. The second-order valence-corrected chi connectivity index (χ2v) is 3.47. The zero-order chi connectivity index (χ0) is 12.4. The molecule has 4 nitrogen and oxygen atoms in total. The molecule has 0 aliphatic heterocycles. The van der Waals surface area contributed by atoms with E-state index in [9.17, 15) is 14.3 Å². The van der Waals surface area contributed by atoms with Gasteiger partial charge in [0.05, 0.1) is 11.8 Å².